The molecule has 0 bridgehead atoms. The van der Waals surface area contributed by atoms with Crippen molar-refractivity contribution in [3.63, 3.8) is 0 Å². The van der Waals surface area contributed by atoms with Crippen LogP contribution in [0, 0.1) is 12.8 Å². The van der Waals surface area contributed by atoms with Gasteiger partial charge in [-0.15, -0.1) is 0 Å². The van der Waals surface area contributed by atoms with Gasteiger partial charge in [0.15, 0.2) is 0 Å². The summed E-state index contributed by atoms with van der Waals surface area (Å²) >= 11 is 0. The van der Waals surface area contributed by atoms with Crippen LogP contribution < -0.4 is 19.1 Å². The molecule has 40 heavy (non-hydrogen) atoms. The third-order valence-corrected chi connectivity index (χ3v) is 6.80. The Bertz CT molecular complexity index is 1620. The van der Waals surface area contributed by atoms with E-state index in [9.17, 15) is 14.7 Å². The summed E-state index contributed by atoms with van der Waals surface area (Å²) in [6.07, 6.45) is 0. The Kier molecular flexibility index (Phi) is 7.21. The highest BCUT2D eigenvalue weighted by molar-refractivity contribution is 6.51. The fourth-order valence-corrected chi connectivity index (χ4v) is 4.74. The van der Waals surface area contributed by atoms with Gasteiger partial charge < -0.3 is 24.3 Å². The van der Waals surface area contributed by atoms with Crippen molar-refractivity contribution in [3.8, 4) is 17.2 Å². The number of carbonyl (C=O) groups is 2. The van der Waals surface area contributed by atoms with Crippen molar-refractivity contribution < 1.29 is 28.9 Å². The number of anilines is 1. The standard InChI is InChI=1S/C31H31N3O6/c1-17(2)16-40-25-13-8-20(14-18(25)3)28(35)26-27(19-6-9-21(38-4)10-7-19)34(30(37)29(26)36)31-32-23-12-11-22(39-5)15-24(23)33-31/h6-15,17,27,35H,16H2,1-5H3,(H,32,33)/b28-26+. The number of aryl methyl sites for hydroxylation is 1. The molecule has 1 fully saturated rings. The van der Waals surface area contributed by atoms with Gasteiger partial charge in [-0.2, -0.15) is 0 Å². The van der Waals surface area contributed by atoms with Crippen molar-refractivity contribution in [2.24, 2.45) is 5.92 Å². The third-order valence-electron chi connectivity index (χ3n) is 6.80. The number of ether oxygens (including phenoxy) is 3. The number of nitrogens with zero attached hydrogens (tertiary/aromatic N) is 2. The van der Waals surface area contributed by atoms with Gasteiger partial charge in [0.2, 0.25) is 5.95 Å². The summed E-state index contributed by atoms with van der Waals surface area (Å²) in [5.74, 6) is 0.562. The largest absolute Gasteiger partial charge is 0.507 e. The van der Waals surface area contributed by atoms with Crippen LogP contribution in [0.3, 0.4) is 0 Å². The number of nitrogens with one attached hydrogen (secondary N) is 1. The molecule has 206 valence electrons. The average molecular weight is 542 g/mol. The maximum Gasteiger partial charge on any atom is 0.302 e. The van der Waals surface area contributed by atoms with Crippen molar-refractivity contribution in [2.45, 2.75) is 26.8 Å². The predicted molar refractivity (Wildman–Crippen MR) is 152 cm³/mol. The predicted octanol–water partition coefficient (Wildman–Crippen LogP) is 5.55. The number of aliphatic hydroxyl groups excluding tert-OH is 1. The van der Waals surface area contributed by atoms with E-state index in [1.807, 2.05) is 6.92 Å². The van der Waals surface area contributed by atoms with Crippen LogP contribution in [0.25, 0.3) is 16.8 Å². The Labute approximate surface area is 232 Å². The molecule has 5 rings (SSSR count). The van der Waals surface area contributed by atoms with Gasteiger partial charge in [0, 0.05) is 11.6 Å². The van der Waals surface area contributed by atoms with E-state index in [4.69, 9.17) is 14.2 Å². The van der Waals surface area contributed by atoms with Crippen molar-refractivity contribution in [2.75, 3.05) is 25.7 Å². The molecule has 1 amide bonds. The highest BCUT2D eigenvalue weighted by Crippen LogP contribution is 2.42. The smallest absolute Gasteiger partial charge is 0.302 e. The molecule has 3 aromatic carbocycles. The fourth-order valence-electron chi connectivity index (χ4n) is 4.74. The van der Waals surface area contributed by atoms with E-state index in [0.717, 1.165) is 5.56 Å². The maximum absolute atomic E-state index is 13.5. The van der Waals surface area contributed by atoms with Gasteiger partial charge in [0.1, 0.15) is 23.0 Å². The van der Waals surface area contributed by atoms with Gasteiger partial charge >= 0.3 is 5.91 Å². The van der Waals surface area contributed by atoms with Gasteiger partial charge in [-0.05, 0) is 66.4 Å². The van der Waals surface area contributed by atoms with Crippen molar-refractivity contribution in [3.05, 3.63) is 82.9 Å². The quantitative estimate of drug-likeness (QED) is 0.171. The number of aromatic amines is 1. The lowest BCUT2D eigenvalue weighted by molar-refractivity contribution is -0.132. The second-order valence-corrected chi connectivity index (χ2v) is 10.1. The lowest BCUT2D eigenvalue weighted by Gasteiger charge is -2.23. The molecule has 0 radical (unpaired) electrons. The summed E-state index contributed by atoms with van der Waals surface area (Å²) in [6.45, 7) is 6.55. The number of rotatable bonds is 8. The molecule has 1 aliphatic rings. The van der Waals surface area contributed by atoms with Gasteiger partial charge in [-0.1, -0.05) is 26.0 Å². The SMILES string of the molecule is COc1ccc(C2/C(=C(\O)c3ccc(OCC(C)C)c(C)c3)C(=O)C(=O)N2c2nc3ccc(OC)cc3[nH]2)cc1. The lowest BCUT2D eigenvalue weighted by Crippen LogP contribution is -2.30. The molecule has 1 unspecified atom stereocenters. The Balaban J connectivity index is 1.64. The van der Waals surface area contributed by atoms with Crippen molar-refractivity contribution in [1.29, 1.82) is 0 Å². The summed E-state index contributed by atoms with van der Waals surface area (Å²) in [5, 5.41) is 11.5. The molecule has 1 saturated heterocycles. The number of ketones is 1. The number of aromatic nitrogens is 2. The van der Waals surface area contributed by atoms with Gasteiger partial charge in [0.25, 0.3) is 5.78 Å². The normalized spacial score (nSPS) is 16.6. The first-order chi connectivity index (χ1) is 19.2. The molecule has 0 aliphatic carbocycles. The van der Waals surface area contributed by atoms with Gasteiger partial charge in [0.05, 0.1) is 43.5 Å². The van der Waals surface area contributed by atoms with E-state index in [0.29, 0.717) is 51.9 Å². The minimum Gasteiger partial charge on any atom is -0.507 e. The molecule has 1 aromatic heterocycles. The van der Waals surface area contributed by atoms with Crippen molar-refractivity contribution >= 4 is 34.4 Å². The first-order valence-corrected chi connectivity index (χ1v) is 12.9. The second kappa shape index (κ2) is 10.8. The van der Waals surface area contributed by atoms with Crippen LogP contribution in [-0.4, -0.2) is 47.6 Å². The monoisotopic (exact) mass is 541 g/mol. The second-order valence-electron chi connectivity index (χ2n) is 10.1. The van der Waals surface area contributed by atoms with Crippen LogP contribution in [-0.2, 0) is 9.59 Å². The molecule has 4 aromatic rings. The number of hydrogen-bond acceptors (Lipinski definition) is 7. The minimum atomic E-state index is -0.939. The molecule has 1 aliphatic heterocycles. The summed E-state index contributed by atoms with van der Waals surface area (Å²) < 4.78 is 16.5. The zero-order valence-corrected chi connectivity index (χ0v) is 23.0. The number of benzene rings is 3. The number of methoxy groups -OCH3 is 2. The van der Waals surface area contributed by atoms with Gasteiger partial charge in [-0.25, -0.2) is 4.98 Å². The highest BCUT2D eigenvalue weighted by Gasteiger charge is 2.48. The number of Topliss-reactive ketones (excluding diaryl/α,β-unsaturated/α-hetero) is 1. The maximum atomic E-state index is 13.5. The first kappa shape index (κ1) is 26.8. The van der Waals surface area contributed by atoms with E-state index >= 15 is 0 Å². The topological polar surface area (TPSA) is 114 Å². The Morgan fingerprint density at radius 2 is 1.70 bits per heavy atom. The molecule has 0 spiro atoms. The molecule has 9 nitrogen and oxygen atoms in total. The van der Waals surface area contributed by atoms with Crippen LogP contribution in [0.4, 0.5) is 5.95 Å². The van der Waals surface area contributed by atoms with E-state index in [1.54, 1.807) is 74.9 Å². The first-order valence-electron chi connectivity index (χ1n) is 12.9. The molecule has 2 heterocycles. The molecule has 2 N–H and O–H groups in total. The Morgan fingerprint density at radius 1 is 1.00 bits per heavy atom. The Hall–Kier alpha value is -4.79. The van der Waals surface area contributed by atoms with E-state index < -0.39 is 17.7 Å². The van der Waals surface area contributed by atoms with Crippen LogP contribution in [0.2, 0.25) is 0 Å². The third kappa shape index (κ3) is 4.86. The van der Waals surface area contributed by atoms with E-state index in [1.165, 1.54) is 4.90 Å². The van der Waals surface area contributed by atoms with Crippen LogP contribution in [0.5, 0.6) is 17.2 Å². The van der Waals surface area contributed by atoms with E-state index in [-0.39, 0.29) is 17.3 Å². The highest BCUT2D eigenvalue weighted by atomic mass is 16.5. The molecule has 1 atom stereocenters. The number of aliphatic hydroxyl groups is 1. The number of hydrogen-bond donors (Lipinski definition) is 2. The van der Waals surface area contributed by atoms with Crippen molar-refractivity contribution in [1.82, 2.24) is 9.97 Å². The molecular formula is C31H31N3O6. The molecule has 0 saturated carbocycles. The average Bonchev–Trinajstić information content (AvgIpc) is 3.49. The number of carbonyl (C=O) groups excluding carboxylic acids is 2. The molecule has 9 heteroatoms. The number of H-pyrrole nitrogens is 1. The van der Waals surface area contributed by atoms with Crippen LogP contribution >= 0.6 is 0 Å². The van der Waals surface area contributed by atoms with Crippen LogP contribution in [0.15, 0.2) is 66.2 Å². The fraction of sp³-hybridized carbons (Fsp3) is 0.258. The number of fused-ring (bicyclic) bond motifs is 1. The van der Waals surface area contributed by atoms with E-state index in [2.05, 4.69) is 23.8 Å². The summed E-state index contributed by atoms with van der Waals surface area (Å²) in [6, 6.07) is 16.5. The molecular weight excluding hydrogens is 510 g/mol. The van der Waals surface area contributed by atoms with Gasteiger partial charge in [-0.3, -0.25) is 14.5 Å². The Morgan fingerprint density at radius 3 is 2.35 bits per heavy atom. The number of imidazole rings is 1. The summed E-state index contributed by atoms with van der Waals surface area (Å²) in [4.78, 5) is 36.1. The van der Waals surface area contributed by atoms with Crippen LogP contribution in [0.1, 0.15) is 36.6 Å². The zero-order valence-electron chi connectivity index (χ0n) is 23.0. The number of amides is 1. The zero-order chi connectivity index (χ0) is 28.6. The lowest BCUT2D eigenvalue weighted by atomic mass is 9.95. The summed E-state index contributed by atoms with van der Waals surface area (Å²) in [7, 11) is 3.12. The minimum absolute atomic E-state index is 0.0385. The summed E-state index contributed by atoms with van der Waals surface area (Å²) in [5.41, 5.74) is 3.00.